The molecule has 1 N–H and O–H groups in total. The summed E-state index contributed by atoms with van der Waals surface area (Å²) >= 11 is 0. The van der Waals surface area contributed by atoms with Gasteiger partial charge in [-0.15, -0.1) is 0 Å². The molecule has 36 heavy (non-hydrogen) atoms. The fourth-order valence-corrected chi connectivity index (χ4v) is 4.05. The highest BCUT2D eigenvalue weighted by molar-refractivity contribution is 5.69. The Morgan fingerprint density at radius 3 is 1.89 bits per heavy atom. The van der Waals surface area contributed by atoms with Crippen LogP contribution < -0.4 is 0 Å². The molecule has 0 aromatic rings. The Morgan fingerprint density at radius 1 is 0.639 bits per heavy atom. The topological polar surface area (TPSA) is 63.6 Å². The van der Waals surface area contributed by atoms with E-state index in [4.69, 9.17) is 9.84 Å². The molecule has 0 radical (unpaired) electrons. The highest BCUT2D eigenvalue weighted by Gasteiger charge is 2.11. The Labute approximate surface area is 222 Å². The van der Waals surface area contributed by atoms with Crippen molar-refractivity contribution >= 4 is 11.9 Å². The van der Waals surface area contributed by atoms with Crippen LogP contribution in [-0.4, -0.2) is 23.1 Å². The summed E-state index contributed by atoms with van der Waals surface area (Å²) in [4.78, 5) is 23.1. The zero-order valence-electron chi connectivity index (χ0n) is 23.6. The molecule has 1 unspecified atom stereocenters. The second-order valence-corrected chi connectivity index (χ2v) is 9.93. The first-order valence-electron chi connectivity index (χ1n) is 15.0. The van der Waals surface area contributed by atoms with Gasteiger partial charge in [-0.1, -0.05) is 102 Å². The van der Waals surface area contributed by atoms with Crippen molar-refractivity contribution in [2.45, 2.75) is 155 Å². The molecule has 0 spiro atoms. The van der Waals surface area contributed by atoms with Crippen molar-refractivity contribution in [3.8, 4) is 0 Å². The first-order valence-corrected chi connectivity index (χ1v) is 15.0. The summed E-state index contributed by atoms with van der Waals surface area (Å²) < 4.78 is 5.79. The Morgan fingerprint density at radius 2 is 1.19 bits per heavy atom. The fourth-order valence-electron chi connectivity index (χ4n) is 4.05. The van der Waals surface area contributed by atoms with Gasteiger partial charge in [0.2, 0.25) is 0 Å². The quantitative estimate of drug-likeness (QED) is 0.0723. The van der Waals surface area contributed by atoms with E-state index in [1.165, 1.54) is 64.2 Å². The lowest BCUT2D eigenvalue weighted by Gasteiger charge is -2.14. The number of carboxylic acids is 1. The zero-order valence-corrected chi connectivity index (χ0v) is 23.6. The van der Waals surface area contributed by atoms with Crippen molar-refractivity contribution in [2.75, 3.05) is 0 Å². The predicted octanol–water partition coefficient (Wildman–Crippen LogP) is 9.88. The smallest absolute Gasteiger partial charge is 0.306 e. The molecule has 0 aliphatic carbocycles. The third kappa shape index (κ3) is 26.8. The molecule has 0 rings (SSSR count). The zero-order chi connectivity index (χ0) is 26.5. The normalized spacial score (nSPS) is 12.7. The van der Waals surface area contributed by atoms with Gasteiger partial charge in [-0.2, -0.15) is 0 Å². The lowest BCUT2D eigenvalue weighted by atomic mass is 10.1. The molecule has 0 saturated carbocycles. The third-order valence-corrected chi connectivity index (χ3v) is 6.32. The maximum Gasteiger partial charge on any atom is 0.306 e. The number of esters is 1. The number of hydrogen-bond acceptors (Lipinski definition) is 3. The number of unbranched alkanes of at least 4 members (excludes halogenated alkanes) is 13. The van der Waals surface area contributed by atoms with Crippen LogP contribution in [0.1, 0.15) is 149 Å². The van der Waals surface area contributed by atoms with Gasteiger partial charge in [0.15, 0.2) is 0 Å². The number of rotatable bonds is 26. The van der Waals surface area contributed by atoms with E-state index in [9.17, 15) is 9.59 Å². The molecule has 1 atom stereocenters. The molecule has 0 heterocycles. The summed E-state index contributed by atoms with van der Waals surface area (Å²) in [7, 11) is 0. The van der Waals surface area contributed by atoms with Crippen LogP contribution in [0.4, 0.5) is 0 Å². The van der Waals surface area contributed by atoms with Gasteiger partial charge >= 0.3 is 11.9 Å². The van der Waals surface area contributed by atoms with Gasteiger partial charge in [-0.3, -0.25) is 9.59 Å². The minimum absolute atomic E-state index is 0.0931. The highest BCUT2D eigenvalue weighted by atomic mass is 16.5. The van der Waals surface area contributed by atoms with Crippen molar-refractivity contribution in [1.29, 1.82) is 0 Å². The summed E-state index contributed by atoms with van der Waals surface area (Å²) in [5.74, 6) is -0.823. The number of carboxylic acid groups (broad SMARTS) is 1. The monoisotopic (exact) mass is 504 g/mol. The molecule has 0 aromatic carbocycles. The first kappa shape index (κ1) is 34.2. The molecule has 0 aliphatic heterocycles. The van der Waals surface area contributed by atoms with Crippen LogP contribution in [0.3, 0.4) is 0 Å². The van der Waals surface area contributed by atoms with E-state index in [-0.39, 0.29) is 18.5 Å². The maximum absolute atomic E-state index is 12.4. The molecule has 0 aromatic heterocycles. The van der Waals surface area contributed by atoms with Crippen LogP contribution in [0.25, 0.3) is 0 Å². The molecule has 0 amide bonds. The maximum atomic E-state index is 12.4. The van der Waals surface area contributed by atoms with E-state index < -0.39 is 5.97 Å². The first-order chi connectivity index (χ1) is 17.6. The van der Waals surface area contributed by atoms with Crippen LogP contribution >= 0.6 is 0 Å². The van der Waals surface area contributed by atoms with Crippen molar-refractivity contribution in [2.24, 2.45) is 0 Å². The van der Waals surface area contributed by atoms with E-state index in [0.717, 1.165) is 51.4 Å². The van der Waals surface area contributed by atoms with E-state index >= 15 is 0 Å². The van der Waals surface area contributed by atoms with Crippen molar-refractivity contribution in [1.82, 2.24) is 0 Å². The second-order valence-electron chi connectivity index (χ2n) is 9.93. The van der Waals surface area contributed by atoms with E-state index in [1.54, 1.807) is 0 Å². The van der Waals surface area contributed by atoms with Crippen LogP contribution in [0.15, 0.2) is 36.5 Å². The molecule has 0 aliphatic rings. The van der Waals surface area contributed by atoms with Gasteiger partial charge in [0, 0.05) is 12.8 Å². The summed E-state index contributed by atoms with van der Waals surface area (Å²) in [6.45, 7) is 4.44. The van der Waals surface area contributed by atoms with Gasteiger partial charge in [-0.25, -0.2) is 0 Å². The molecule has 0 saturated heterocycles. The van der Waals surface area contributed by atoms with Crippen LogP contribution in [0.2, 0.25) is 0 Å². The molecular formula is C32H56O4. The lowest BCUT2D eigenvalue weighted by Crippen LogP contribution is -2.16. The average Bonchev–Trinajstić information content (AvgIpc) is 2.85. The van der Waals surface area contributed by atoms with Gasteiger partial charge in [0.25, 0.3) is 0 Å². The molecule has 4 nitrogen and oxygen atoms in total. The van der Waals surface area contributed by atoms with Crippen LogP contribution in [-0.2, 0) is 14.3 Å². The van der Waals surface area contributed by atoms with Crippen molar-refractivity contribution < 1.29 is 19.4 Å². The SMILES string of the molecule is CCCC/C=C\CCCCCCCC(=O)OC(/C=C\C/C=C\CCCCC)CCCCCCC(=O)O. The molecular weight excluding hydrogens is 448 g/mol. The Hall–Kier alpha value is -1.84. The highest BCUT2D eigenvalue weighted by Crippen LogP contribution is 2.14. The van der Waals surface area contributed by atoms with Gasteiger partial charge < -0.3 is 9.84 Å². The van der Waals surface area contributed by atoms with E-state index in [1.807, 2.05) is 6.08 Å². The number of ether oxygens (including phenoxy) is 1. The molecule has 0 bridgehead atoms. The lowest BCUT2D eigenvalue weighted by molar-refractivity contribution is -0.147. The predicted molar refractivity (Wildman–Crippen MR) is 153 cm³/mol. The molecule has 0 fully saturated rings. The summed E-state index contributed by atoms with van der Waals surface area (Å²) in [6, 6.07) is 0. The summed E-state index contributed by atoms with van der Waals surface area (Å²) in [5.41, 5.74) is 0. The second kappa shape index (κ2) is 27.7. The van der Waals surface area contributed by atoms with Gasteiger partial charge in [0.1, 0.15) is 6.10 Å². The fraction of sp³-hybridized carbons (Fsp3) is 0.750. The summed E-state index contributed by atoms with van der Waals surface area (Å²) in [5, 5.41) is 8.76. The van der Waals surface area contributed by atoms with E-state index in [0.29, 0.717) is 12.8 Å². The van der Waals surface area contributed by atoms with Crippen molar-refractivity contribution in [3.63, 3.8) is 0 Å². The Bertz CT molecular complexity index is 591. The number of carbonyl (C=O) groups excluding carboxylic acids is 1. The number of carbonyl (C=O) groups is 2. The molecule has 4 heteroatoms. The average molecular weight is 505 g/mol. The standard InChI is InChI=1S/C32H56O4/c1-3-5-7-9-11-13-14-15-17-19-25-29-32(35)36-30(27-23-20-21-24-28-31(33)34)26-22-18-16-12-10-8-6-4-2/h9,11-12,16,22,26,30H,3-8,10,13-15,17-21,23-25,27-29H2,1-2H3,(H,33,34)/b11-9-,16-12-,26-22-. The summed E-state index contributed by atoms with van der Waals surface area (Å²) in [6.07, 6.45) is 34.4. The van der Waals surface area contributed by atoms with E-state index in [2.05, 4.69) is 44.2 Å². The number of aliphatic carboxylic acids is 1. The largest absolute Gasteiger partial charge is 0.481 e. The van der Waals surface area contributed by atoms with Gasteiger partial charge in [0.05, 0.1) is 0 Å². The minimum Gasteiger partial charge on any atom is -0.481 e. The Balaban J connectivity index is 4.19. The van der Waals surface area contributed by atoms with Crippen LogP contribution in [0, 0.1) is 0 Å². The minimum atomic E-state index is -0.730. The van der Waals surface area contributed by atoms with Gasteiger partial charge in [-0.05, 0) is 70.3 Å². The number of allylic oxidation sites excluding steroid dienone is 5. The Kier molecular flexibility index (Phi) is 26.3. The van der Waals surface area contributed by atoms with Crippen LogP contribution in [0.5, 0.6) is 0 Å². The van der Waals surface area contributed by atoms with Crippen molar-refractivity contribution in [3.05, 3.63) is 36.5 Å². The molecule has 208 valence electrons. The number of hydrogen-bond donors (Lipinski definition) is 1. The third-order valence-electron chi connectivity index (χ3n) is 6.32.